The molecule has 29 heavy (non-hydrogen) atoms. The van der Waals surface area contributed by atoms with Crippen molar-refractivity contribution < 1.29 is 9.59 Å². The fourth-order valence-corrected chi connectivity index (χ4v) is 2.98. The first-order valence-electron chi connectivity index (χ1n) is 9.98. The van der Waals surface area contributed by atoms with Crippen molar-refractivity contribution in [2.45, 2.75) is 45.2 Å². The topological polar surface area (TPSA) is 123 Å². The SMILES string of the molecule is CC(C)C[C@@H](NC(=O)[C@@H](N)CCCN)C(=O)Nc1cncc(-c2ccccc2)c1. The number of amides is 2. The molecule has 2 amide bonds. The highest BCUT2D eigenvalue weighted by atomic mass is 16.2. The van der Waals surface area contributed by atoms with Crippen molar-refractivity contribution in [2.24, 2.45) is 17.4 Å². The van der Waals surface area contributed by atoms with Crippen LogP contribution in [0.3, 0.4) is 0 Å². The molecular weight excluding hydrogens is 366 g/mol. The van der Waals surface area contributed by atoms with Gasteiger partial charge in [0.1, 0.15) is 6.04 Å². The van der Waals surface area contributed by atoms with Gasteiger partial charge in [0.25, 0.3) is 0 Å². The third kappa shape index (κ3) is 7.29. The maximum Gasteiger partial charge on any atom is 0.247 e. The Hall–Kier alpha value is -2.77. The van der Waals surface area contributed by atoms with Gasteiger partial charge in [-0.1, -0.05) is 44.2 Å². The van der Waals surface area contributed by atoms with Crippen LogP contribution in [0.25, 0.3) is 11.1 Å². The third-order valence-corrected chi connectivity index (χ3v) is 4.51. The average molecular weight is 398 g/mol. The molecule has 7 heteroatoms. The smallest absolute Gasteiger partial charge is 0.247 e. The first kappa shape index (κ1) is 22.5. The normalized spacial score (nSPS) is 13.0. The van der Waals surface area contributed by atoms with Crippen molar-refractivity contribution >= 4 is 17.5 Å². The lowest BCUT2D eigenvalue weighted by Crippen LogP contribution is -2.50. The number of nitrogens with zero attached hydrogens (tertiary/aromatic N) is 1. The molecule has 0 spiro atoms. The first-order chi connectivity index (χ1) is 13.9. The number of nitrogens with two attached hydrogens (primary N) is 2. The number of nitrogens with one attached hydrogen (secondary N) is 2. The molecule has 0 saturated carbocycles. The molecule has 2 aromatic rings. The summed E-state index contributed by atoms with van der Waals surface area (Å²) in [4.78, 5) is 29.4. The molecule has 156 valence electrons. The summed E-state index contributed by atoms with van der Waals surface area (Å²) < 4.78 is 0. The summed E-state index contributed by atoms with van der Waals surface area (Å²) in [5, 5.41) is 5.65. The highest BCUT2D eigenvalue weighted by Gasteiger charge is 2.24. The number of carbonyl (C=O) groups excluding carboxylic acids is 2. The minimum Gasteiger partial charge on any atom is -0.343 e. The summed E-state index contributed by atoms with van der Waals surface area (Å²) in [5.41, 5.74) is 13.9. The maximum atomic E-state index is 12.9. The molecular formula is C22H31N5O2. The number of carbonyl (C=O) groups is 2. The highest BCUT2D eigenvalue weighted by molar-refractivity contribution is 5.98. The van der Waals surface area contributed by atoms with Gasteiger partial charge in [-0.25, -0.2) is 0 Å². The Kier molecular flexibility index (Phi) is 8.76. The zero-order valence-electron chi connectivity index (χ0n) is 17.1. The molecule has 2 atom stereocenters. The van der Waals surface area contributed by atoms with Gasteiger partial charge in [-0.15, -0.1) is 0 Å². The Bertz CT molecular complexity index is 795. The van der Waals surface area contributed by atoms with Crippen molar-refractivity contribution in [3.8, 4) is 11.1 Å². The van der Waals surface area contributed by atoms with E-state index in [1.807, 2.05) is 50.2 Å². The van der Waals surface area contributed by atoms with E-state index in [0.29, 0.717) is 31.5 Å². The summed E-state index contributed by atoms with van der Waals surface area (Å²) in [6.07, 6.45) is 4.99. The fraction of sp³-hybridized carbons (Fsp3) is 0.409. The van der Waals surface area contributed by atoms with Crippen LogP contribution in [0, 0.1) is 5.92 Å². The van der Waals surface area contributed by atoms with Gasteiger partial charge < -0.3 is 22.1 Å². The molecule has 0 aliphatic rings. The average Bonchev–Trinajstić information content (AvgIpc) is 2.71. The molecule has 0 unspecified atom stereocenters. The summed E-state index contributed by atoms with van der Waals surface area (Å²) in [7, 11) is 0. The molecule has 0 radical (unpaired) electrons. The lowest BCUT2D eigenvalue weighted by molar-refractivity contribution is -0.127. The predicted molar refractivity (Wildman–Crippen MR) is 116 cm³/mol. The standard InChI is InChI=1S/C22H31N5O2/c1-15(2)11-20(27-21(28)19(24)9-6-10-23)22(29)26-18-12-17(13-25-14-18)16-7-4-3-5-8-16/h3-5,7-8,12-15,19-20H,6,9-11,23-24H2,1-2H3,(H,26,29)(H,27,28)/t19-,20+/m0/s1. The quantitative estimate of drug-likeness (QED) is 0.490. The van der Waals surface area contributed by atoms with E-state index in [4.69, 9.17) is 11.5 Å². The summed E-state index contributed by atoms with van der Waals surface area (Å²) in [5.74, 6) is -0.402. The first-order valence-corrected chi connectivity index (χ1v) is 9.98. The Labute approximate surface area is 172 Å². The Balaban J connectivity index is 2.08. The number of pyridine rings is 1. The Morgan fingerprint density at radius 3 is 2.45 bits per heavy atom. The van der Waals surface area contributed by atoms with Crippen LogP contribution in [-0.4, -0.2) is 35.4 Å². The summed E-state index contributed by atoms with van der Waals surface area (Å²) in [6, 6.07) is 10.3. The maximum absolute atomic E-state index is 12.9. The second kappa shape index (κ2) is 11.3. The second-order valence-corrected chi connectivity index (χ2v) is 7.55. The van der Waals surface area contributed by atoms with Crippen molar-refractivity contribution in [1.29, 1.82) is 0 Å². The van der Waals surface area contributed by atoms with Gasteiger partial charge in [-0.2, -0.15) is 0 Å². The molecule has 0 bridgehead atoms. The van der Waals surface area contributed by atoms with E-state index in [2.05, 4.69) is 15.6 Å². The van der Waals surface area contributed by atoms with E-state index in [9.17, 15) is 9.59 Å². The number of benzene rings is 1. The van der Waals surface area contributed by atoms with Crippen LogP contribution in [0.2, 0.25) is 0 Å². The van der Waals surface area contributed by atoms with Gasteiger partial charge in [-0.05, 0) is 43.4 Å². The molecule has 0 saturated heterocycles. The summed E-state index contributed by atoms with van der Waals surface area (Å²) >= 11 is 0. The van der Waals surface area contributed by atoms with E-state index in [0.717, 1.165) is 11.1 Å². The van der Waals surface area contributed by atoms with Gasteiger partial charge in [0.2, 0.25) is 11.8 Å². The Morgan fingerprint density at radius 1 is 1.07 bits per heavy atom. The van der Waals surface area contributed by atoms with E-state index in [1.165, 1.54) is 0 Å². The van der Waals surface area contributed by atoms with E-state index >= 15 is 0 Å². The summed E-state index contributed by atoms with van der Waals surface area (Å²) in [6.45, 7) is 4.47. The Morgan fingerprint density at radius 2 is 1.79 bits per heavy atom. The minimum atomic E-state index is -0.677. The number of hydrogen-bond donors (Lipinski definition) is 4. The van der Waals surface area contributed by atoms with Crippen LogP contribution >= 0.6 is 0 Å². The molecule has 0 aliphatic carbocycles. The molecule has 1 heterocycles. The van der Waals surface area contributed by atoms with Gasteiger partial charge in [0.15, 0.2) is 0 Å². The monoisotopic (exact) mass is 397 g/mol. The molecule has 1 aromatic carbocycles. The lowest BCUT2D eigenvalue weighted by atomic mass is 10.0. The number of hydrogen-bond acceptors (Lipinski definition) is 5. The molecule has 7 nitrogen and oxygen atoms in total. The molecule has 6 N–H and O–H groups in total. The lowest BCUT2D eigenvalue weighted by Gasteiger charge is -2.22. The predicted octanol–water partition coefficient (Wildman–Crippen LogP) is 2.28. The number of anilines is 1. The largest absolute Gasteiger partial charge is 0.343 e. The molecule has 0 fully saturated rings. The van der Waals surface area contributed by atoms with Gasteiger partial charge in [-0.3, -0.25) is 14.6 Å². The van der Waals surface area contributed by atoms with Crippen molar-refractivity contribution in [2.75, 3.05) is 11.9 Å². The van der Waals surface area contributed by atoms with E-state index < -0.39 is 12.1 Å². The van der Waals surface area contributed by atoms with Gasteiger partial charge >= 0.3 is 0 Å². The van der Waals surface area contributed by atoms with Crippen LogP contribution in [0.4, 0.5) is 5.69 Å². The van der Waals surface area contributed by atoms with Gasteiger partial charge in [0, 0.05) is 11.8 Å². The molecule has 2 rings (SSSR count). The van der Waals surface area contributed by atoms with Crippen LogP contribution < -0.4 is 22.1 Å². The molecule has 1 aromatic heterocycles. The highest BCUT2D eigenvalue weighted by Crippen LogP contribution is 2.21. The van der Waals surface area contributed by atoms with Crippen molar-refractivity contribution in [1.82, 2.24) is 10.3 Å². The van der Waals surface area contributed by atoms with Crippen LogP contribution in [0.5, 0.6) is 0 Å². The second-order valence-electron chi connectivity index (χ2n) is 7.55. The van der Waals surface area contributed by atoms with E-state index in [1.54, 1.807) is 12.4 Å². The third-order valence-electron chi connectivity index (χ3n) is 4.51. The van der Waals surface area contributed by atoms with Crippen LogP contribution in [0.15, 0.2) is 48.8 Å². The number of rotatable bonds is 10. The van der Waals surface area contributed by atoms with Crippen LogP contribution in [-0.2, 0) is 9.59 Å². The number of aromatic nitrogens is 1. The van der Waals surface area contributed by atoms with Crippen molar-refractivity contribution in [3.63, 3.8) is 0 Å². The van der Waals surface area contributed by atoms with Gasteiger partial charge in [0.05, 0.1) is 17.9 Å². The zero-order valence-corrected chi connectivity index (χ0v) is 17.1. The van der Waals surface area contributed by atoms with E-state index in [-0.39, 0.29) is 17.7 Å². The van der Waals surface area contributed by atoms with Crippen molar-refractivity contribution in [3.05, 3.63) is 48.8 Å². The zero-order chi connectivity index (χ0) is 21.2. The molecule has 0 aliphatic heterocycles. The van der Waals surface area contributed by atoms with Crippen LogP contribution in [0.1, 0.15) is 33.1 Å². The minimum absolute atomic E-state index is 0.222. The fourth-order valence-electron chi connectivity index (χ4n) is 2.98.